The van der Waals surface area contributed by atoms with E-state index in [0.717, 1.165) is 17.7 Å². The first-order valence-electron chi connectivity index (χ1n) is 6.61. The predicted molar refractivity (Wildman–Crippen MR) is 83.4 cm³/mol. The molecule has 2 aromatic heterocycles. The topological polar surface area (TPSA) is 107 Å². The molecule has 0 saturated heterocycles. The maximum Gasteiger partial charge on any atom is 0.332 e. The summed E-state index contributed by atoms with van der Waals surface area (Å²) in [5.74, 6) is 0.207. The van der Waals surface area contributed by atoms with Gasteiger partial charge in [-0.15, -0.1) is 11.3 Å². The van der Waals surface area contributed by atoms with Crippen LogP contribution < -0.4 is 11.1 Å². The van der Waals surface area contributed by atoms with Crippen molar-refractivity contribution in [1.29, 1.82) is 0 Å². The molecule has 8 heteroatoms. The van der Waals surface area contributed by atoms with Crippen molar-refractivity contribution in [2.45, 2.75) is 32.7 Å². The summed E-state index contributed by atoms with van der Waals surface area (Å²) < 4.78 is 0. The Morgan fingerprint density at radius 2 is 2.29 bits per heavy atom. The lowest BCUT2D eigenvalue weighted by Gasteiger charge is -2.17. The number of nitrogen functional groups attached to an aromatic ring is 1. The maximum absolute atomic E-state index is 11.2. The number of nitrogens with two attached hydrogens (primary N) is 1. The Bertz CT molecular complexity index is 630. The van der Waals surface area contributed by atoms with Crippen LogP contribution in [-0.2, 0) is 0 Å². The molecule has 0 spiro atoms. The minimum absolute atomic E-state index is 0.0256. The van der Waals surface area contributed by atoms with Gasteiger partial charge in [0.25, 0.3) is 0 Å². The number of aromatic nitrogens is 2. The first-order chi connectivity index (χ1) is 10.0. The van der Waals surface area contributed by atoms with Gasteiger partial charge in [-0.3, -0.25) is 10.1 Å². The zero-order valence-corrected chi connectivity index (χ0v) is 12.7. The molecule has 2 aromatic rings. The van der Waals surface area contributed by atoms with Crippen LogP contribution in [0.25, 0.3) is 0 Å². The SMILES string of the molecule is CCCC(Nc1nc(N)nc(C)c1[N+](=O)[O-])c1cccs1. The highest BCUT2D eigenvalue weighted by Crippen LogP contribution is 2.32. The average Bonchev–Trinajstić information content (AvgIpc) is 2.90. The molecule has 0 aliphatic heterocycles. The molecule has 7 nitrogen and oxygen atoms in total. The summed E-state index contributed by atoms with van der Waals surface area (Å²) in [5.41, 5.74) is 5.75. The van der Waals surface area contributed by atoms with Crippen molar-refractivity contribution in [3.05, 3.63) is 38.2 Å². The van der Waals surface area contributed by atoms with Gasteiger partial charge in [0.05, 0.1) is 11.0 Å². The van der Waals surface area contributed by atoms with Crippen LogP contribution in [0.3, 0.4) is 0 Å². The summed E-state index contributed by atoms with van der Waals surface area (Å²) in [4.78, 5) is 19.7. The number of aryl methyl sites for hydroxylation is 1. The van der Waals surface area contributed by atoms with Crippen LogP contribution in [0.15, 0.2) is 17.5 Å². The fraction of sp³-hybridized carbons (Fsp3) is 0.385. The van der Waals surface area contributed by atoms with Crippen molar-refractivity contribution in [1.82, 2.24) is 9.97 Å². The Hall–Kier alpha value is -2.22. The average molecular weight is 307 g/mol. The normalized spacial score (nSPS) is 12.1. The molecule has 2 rings (SSSR count). The number of rotatable bonds is 6. The maximum atomic E-state index is 11.2. The van der Waals surface area contributed by atoms with Gasteiger partial charge in [-0.25, -0.2) is 4.98 Å². The van der Waals surface area contributed by atoms with E-state index in [0.29, 0.717) is 0 Å². The third-order valence-corrected chi connectivity index (χ3v) is 4.02. The van der Waals surface area contributed by atoms with Crippen LogP contribution >= 0.6 is 11.3 Å². The standard InChI is InChI=1S/C13H17N5O2S/c1-3-5-9(10-6-4-7-21-10)16-12-11(18(19)20)8(2)15-13(14)17-12/h4,6-7,9H,3,5H2,1-2H3,(H3,14,15,16,17). The molecular formula is C13H17N5O2S. The van der Waals surface area contributed by atoms with Gasteiger partial charge in [0.15, 0.2) is 0 Å². The van der Waals surface area contributed by atoms with E-state index in [-0.39, 0.29) is 29.2 Å². The van der Waals surface area contributed by atoms with Gasteiger partial charge < -0.3 is 11.1 Å². The molecule has 0 aliphatic carbocycles. The van der Waals surface area contributed by atoms with Gasteiger partial charge in [-0.2, -0.15) is 4.98 Å². The molecular weight excluding hydrogens is 290 g/mol. The zero-order valence-electron chi connectivity index (χ0n) is 11.9. The van der Waals surface area contributed by atoms with E-state index in [1.165, 1.54) is 0 Å². The fourth-order valence-corrected chi connectivity index (χ4v) is 2.95. The number of hydrogen-bond donors (Lipinski definition) is 2. The van der Waals surface area contributed by atoms with E-state index >= 15 is 0 Å². The van der Waals surface area contributed by atoms with Gasteiger partial charge >= 0.3 is 5.69 Å². The second kappa shape index (κ2) is 6.49. The summed E-state index contributed by atoms with van der Waals surface area (Å²) in [6, 6.07) is 3.93. The lowest BCUT2D eigenvalue weighted by molar-refractivity contribution is -0.385. The zero-order chi connectivity index (χ0) is 15.4. The Labute approximate surface area is 126 Å². The van der Waals surface area contributed by atoms with E-state index < -0.39 is 4.92 Å². The molecule has 0 aliphatic rings. The summed E-state index contributed by atoms with van der Waals surface area (Å²) in [5, 5.41) is 16.4. The van der Waals surface area contributed by atoms with E-state index in [1.807, 2.05) is 17.5 Å². The van der Waals surface area contributed by atoms with Crippen molar-refractivity contribution >= 4 is 28.8 Å². The third-order valence-electron chi connectivity index (χ3n) is 3.03. The van der Waals surface area contributed by atoms with Gasteiger partial charge in [-0.05, 0) is 24.8 Å². The smallest absolute Gasteiger partial charge is 0.332 e. The molecule has 21 heavy (non-hydrogen) atoms. The van der Waals surface area contributed by atoms with Crippen molar-refractivity contribution < 1.29 is 4.92 Å². The predicted octanol–water partition coefficient (Wildman–Crippen LogP) is 3.29. The molecule has 1 atom stereocenters. The van der Waals surface area contributed by atoms with E-state index in [4.69, 9.17) is 5.73 Å². The Morgan fingerprint density at radius 3 is 2.86 bits per heavy atom. The third kappa shape index (κ3) is 3.46. The Morgan fingerprint density at radius 1 is 1.52 bits per heavy atom. The fourth-order valence-electron chi connectivity index (χ4n) is 2.14. The number of nitrogens with zero attached hydrogens (tertiary/aromatic N) is 3. The molecule has 0 aromatic carbocycles. The molecule has 1 unspecified atom stereocenters. The highest BCUT2D eigenvalue weighted by Gasteiger charge is 2.24. The van der Waals surface area contributed by atoms with Crippen molar-refractivity contribution in [3.63, 3.8) is 0 Å². The minimum atomic E-state index is -0.478. The highest BCUT2D eigenvalue weighted by molar-refractivity contribution is 7.10. The van der Waals surface area contributed by atoms with Gasteiger partial charge in [0.1, 0.15) is 5.69 Å². The molecule has 0 fully saturated rings. The quantitative estimate of drug-likeness (QED) is 0.626. The van der Waals surface area contributed by atoms with E-state index in [2.05, 4.69) is 22.2 Å². The number of anilines is 2. The molecule has 3 N–H and O–H groups in total. The van der Waals surface area contributed by atoms with Crippen LogP contribution in [-0.4, -0.2) is 14.9 Å². The van der Waals surface area contributed by atoms with Crippen LogP contribution in [0.1, 0.15) is 36.4 Å². The first-order valence-corrected chi connectivity index (χ1v) is 7.49. The Kier molecular flexibility index (Phi) is 4.69. The van der Waals surface area contributed by atoms with E-state index in [9.17, 15) is 10.1 Å². The van der Waals surface area contributed by atoms with E-state index in [1.54, 1.807) is 18.3 Å². The van der Waals surface area contributed by atoms with Crippen molar-refractivity contribution in [2.24, 2.45) is 0 Å². The van der Waals surface area contributed by atoms with Crippen LogP contribution in [0.5, 0.6) is 0 Å². The van der Waals surface area contributed by atoms with Gasteiger partial charge in [-0.1, -0.05) is 19.4 Å². The second-order valence-corrected chi connectivity index (χ2v) is 5.60. The second-order valence-electron chi connectivity index (χ2n) is 4.62. The molecule has 0 radical (unpaired) electrons. The molecule has 112 valence electrons. The minimum Gasteiger partial charge on any atom is -0.368 e. The summed E-state index contributed by atoms with van der Waals surface area (Å²) in [6.45, 7) is 3.62. The molecule has 0 saturated carbocycles. The lowest BCUT2D eigenvalue weighted by Crippen LogP contribution is -2.14. The molecule has 0 amide bonds. The highest BCUT2D eigenvalue weighted by atomic mass is 32.1. The summed E-state index contributed by atoms with van der Waals surface area (Å²) in [6.07, 6.45) is 1.80. The number of thiophene rings is 1. The monoisotopic (exact) mass is 307 g/mol. The van der Waals surface area contributed by atoms with Crippen molar-refractivity contribution in [2.75, 3.05) is 11.1 Å². The largest absolute Gasteiger partial charge is 0.368 e. The number of nitro groups is 1. The van der Waals surface area contributed by atoms with Gasteiger partial charge in [0, 0.05) is 4.88 Å². The first kappa shape index (κ1) is 15.2. The molecule has 2 heterocycles. The lowest BCUT2D eigenvalue weighted by atomic mass is 10.1. The molecule has 0 bridgehead atoms. The van der Waals surface area contributed by atoms with Crippen LogP contribution in [0.4, 0.5) is 17.5 Å². The summed E-state index contributed by atoms with van der Waals surface area (Å²) in [7, 11) is 0. The number of nitrogens with one attached hydrogen (secondary N) is 1. The van der Waals surface area contributed by atoms with Crippen LogP contribution in [0, 0.1) is 17.0 Å². The van der Waals surface area contributed by atoms with Crippen molar-refractivity contribution in [3.8, 4) is 0 Å². The summed E-state index contributed by atoms with van der Waals surface area (Å²) >= 11 is 1.61. The Balaban J connectivity index is 2.38. The van der Waals surface area contributed by atoms with Crippen LogP contribution in [0.2, 0.25) is 0 Å². The number of hydrogen-bond acceptors (Lipinski definition) is 7. The van der Waals surface area contributed by atoms with Gasteiger partial charge in [0.2, 0.25) is 11.8 Å².